The molecule has 1 fully saturated rings. The van der Waals surface area contributed by atoms with Crippen LogP contribution in [0, 0.1) is 12.8 Å². The number of hydrogen-bond donors (Lipinski definition) is 1. The van der Waals surface area contributed by atoms with Crippen LogP contribution in [0.4, 0.5) is 11.4 Å². The molecule has 2 atom stereocenters. The molecule has 0 radical (unpaired) electrons. The molecule has 3 aromatic rings. The summed E-state index contributed by atoms with van der Waals surface area (Å²) in [5.41, 5.74) is 2.58. The maximum absolute atomic E-state index is 13.4. The van der Waals surface area contributed by atoms with E-state index in [0.717, 1.165) is 16.1 Å². The minimum absolute atomic E-state index is 0.0404. The smallest absolute Gasteiger partial charge is 0.230 e. The number of ether oxygens (including phenoxy) is 1. The second-order valence-corrected chi connectivity index (χ2v) is 8.37. The highest BCUT2D eigenvalue weighted by atomic mass is 32.1. The van der Waals surface area contributed by atoms with Gasteiger partial charge in [-0.05, 0) is 49.1 Å². The third-order valence-corrected chi connectivity index (χ3v) is 6.39. The summed E-state index contributed by atoms with van der Waals surface area (Å²) in [6.07, 6.45) is 0.838. The molecule has 0 unspecified atom stereocenters. The van der Waals surface area contributed by atoms with Crippen molar-refractivity contribution in [3.8, 4) is 5.75 Å². The second kappa shape index (κ2) is 8.71. The van der Waals surface area contributed by atoms with Crippen molar-refractivity contribution in [3.05, 3.63) is 76.5 Å². The lowest BCUT2D eigenvalue weighted by Gasteiger charge is -2.40. The first-order chi connectivity index (χ1) is 14.6. The van der Waals surface area contributed by atoms with E-state index >= 15 is 0 Å². The van der Waals surface area contributed by atoms with E-state index in [4.69, 9.17) is 4.74 Å². The minimum atomic E-state index is -0.368. The summed E-state index contributed by atoms with van der Waals surface area (Å²) in [7, 11) is 1.58. The Labute approximate surface area is 180 Å². The van der Waals surface area contributed by atoms with Gasteiger partial charge in [0, 0.05) is 17.0 Å². The number of anilines is 2. The summed E-state index contributed by atoms with van der Waals surface area (Å²) in [5, 5.41) is 5.00. The van der Waals surface area contributed by atoms with Gasteiger partial charge in [-0.2, -0.15) is 0 Å². The van der Waals surface area contributed by atoms with Gasteiger partial charge in [0.2, 0.25) is 11.8 Å². The van der Waals surface area contributed by atoms with Crippen LogP contribution in [0.15, 0.2) is 66.0 Å². The van der Waals surface area contributed by atoms with Gasteiger partial charge in [-0.3, -0.25) is 9.59 Å². The van der Waals surface area contributed by atoms with Crippen molar-refractivity contribution in [3.63, 3.8) is 0 Å². The van der Waals surface area contributed by atoms with Crippen molar-refractivity contribution in [2.45, 2.75) is 25.8 Å². The molecule has 0 bridgehead atoms. The van der Waals surface area contributed by atoms with Crippen LogP contribution in [-0.4, -0.2) is 18.9 Å². The molecule has 1 saturated heterocycles. The molecular formula is C24H24N2O3S. The highest BCUT2D eigenvalue weighted by Crippen LogP contribution is 2.42. The number of aryl methyl sites for hydroxylation is 1. The van der Waals surface area contributed by atoms with Crippen molar-refractivity contribution in [1.82, 2.24) is 0 Å². The number of thiophene rings is 1. The topological polar surface area (TPSA) is 58.6 Å². The van der Waals surface area contributed by atoms with Gasteiger partial charge >= 0.3 is 0 Å². The molecule has 5 nitrogen and oxygen atoms in total. The molecule has 0 aliphatic carbocycles. The number of piperidine rings is 1. The van der Waals surface area contributed by atoms with Crippen molar-refractivity contribution in [1.29, 1.82) is 0 Å². The molecule has 2 aromatic carbocycles. The molecule has 0 spiro atoms. The van der Waals surface area contributed by atoms with E-state index in [1.54, 1.807) is 23.3 Å². The number of methoxy groups -OCH3 is 1. The van der Waals surface area contributed by atoms with Gasteiger partial charge < -0.3 is 15.0 Å². The lowest BCUT2D eigenvalue weighted by Crippen LogP contribution is -2.46. The molecule has 30 heavy (non-hydrogen) atoms. The SMILES string of the molecule is COc1ccccc1NC(=O)[C@@H]1CCC(=O)N(c2ccc(C)cc2)[C@H]1c1cccs1. The van der Waals surface area contributed by atoms with Crippen LogP contribution in [0.25, 0.3) is 0 Å². The summed E-state index contributed by atoms with van der Waals surface area (Å²) in [6, 6.07) is 18.9. The van der Waals surface area contributed by atoms with Gasteiger partial charge in [0.05, 0.1) is 24.8 Å². The molecule has 2 amide bonds. The number of nitrogens with zero attached hydrogens (tertiary/aromatic N) is 1. The first kappa shape index (κ1) is 20.2. The van der Waals surface area contributed by atoms with Gasteiger partial charge in [-0.1, -0.05) is 35.9 Å². The summed E-state index contributed by atoms with van der Waals surface area (Å²) >= 11 is 1.57. The summed E-state index contributed by atoms with van der Waals surface area (Å²) < 4.78 is 5.37. The molecular weight excluding hydrogens is 396 g/mol. The van der Waals surface area contributed by atoms with E-state index in [1.807, 2.05) is 73.0 Å². The number of nitrogens with one attached hydrogen (secondary N) is 1. The van der Waals surface area contributed by atoms with E-state index in [1.165, 1.54) is 0 Å². The summed E-state index contributed by atoms with van der Waals surface area (Å²) in [5.74, 6) is 0.175. The third-order valence-electron chi connectivity index (χ3n) is 5.45. The van der Waals surface area contributed by atoms with Crippen LogP contribution in [0.3, 0.4) is 0 Å². The molecule has 1 aromatic heterocycles. The van der Waals surface area contributed by atoms with Crippen LogP contribution in [0.1, 0.15) is 29.3 Å². The predicted octanol–water partition coefficient (Wildman–Crippen LogP) is 5.19. The number of carbonyl (C=O) groups excluding carboxylic acids is 2. The second-order valence-electron chi connectivity index (χ2n) is 7.39. The summed E-state index contributed by atoms with van der Waals surface area (Å²) in [6.45, 7) is 2.02. The fourth-order valence-corrected chi connectivity index (χ4v) is 4.82. The van der Waals surface area contributed by atoms with Gasteiger partial charge in [0.25, 0.3) is 0 Å². The monoisotopic (exact) mass is 420 g/mol. The third kappa shape index (κ3) is 3.96. The normalized spacial score (nSPS) is 18.9. The van der Waals surface area contributed by atoms with E-state index < -0.39 is 0 Å². The van der Waals surface area contributed by atoms with Crippen LogP contribution in [-0.2, 0) is 9.59 Å². The van der Waals surface area contributed by atoms with Crippen molar-refractivity contribution in [2.24, 2.45) is 5.92 Å². The fraction of sp³-hybridized carbons (Fsp3) is 0.250. The Morgan fingerprint density at radius 3 is 2.57 bits per heavy atom. The van der Waals surface area contributed by atoms with Crippen LogP contribution in [0.5, 0.6) is 5.75 Å². The average Bonchev–Trinajstić information content (AvgIpc) is 3.29. The molecule has 4 rings (SSSR count). The Hall–Kier alpha value is -3.12. The van der Waals surface area contributed by atoms with Crippen molar-refractivity contribution < 1.29 is 14.3 Å². The van der Waals surface area contributed by atoms with Crippen molar-refractivity contribution >= 4 is 34.5 Å². The molecule has 2 heterocycles. The van der Waals surface area contributed by atoms with Crippen molar-refractivity contribution in [2.75, 3.05) is 17.3 Å². The zero-order valence-electron chi connectivity index (χ0n) is 17.0. The largest absolute Gasteiger partial charge is 0.495 e. The number of amides is 2. The highest BCUT2D eigenvalue weighted by Gasteiger charge is 2.42. The Morgan fingerprint density at radius 1 is 1.10 bits per heavy atom. The standard InChI is InChI=1S/C24H24N2O3S/c1-16-9-11-17(12-10-16)26-22(27)14-13-18(23(26)21-8-5-15-30-21)24(28)25-19-6-3-4-7-20(19)29-2/h3-12,15,18,23H,13-14H2,1-2H3,(H,25,28)/t18-,23-/m1/s1. The first-order valence-electron chi connectivity index (χ1n) is 9.94. The molecule has 154 valence electrons. The number of hydrogen-bond acceptors (Lipinski definition) is 4. The Bertz CT molecular complexity index is 1030. The zero-order chi connectivity index (χ0) is 21.1. The van der Waals surface area contributed by atoms with Gasteiger partial charge in [0.15, 0.2) is 0 Å². The molecule has 6 heteroatoms. The quantitative estimate of drug-likeness (QED) is 0.618. The van der Waals surface area contributed by atoms with E-state index in [0.29, 0.717) is 24.3 Å². The van der Waals surface area contributed by atoms with Crippen LogP contribution >= 0.6 is 11.3 Å². The Balaban J connectivity index is 1.70. The lowest BCUT2D eigenvalue weighted by atomic mass is 9.86. The van der Waals surface area contributed by atoms with E-state index in [9.17, 15) is 9.59 Å². The summed E-state index contributed by atoms with van der Waals surface area (Å²) in [4.78, 5) is 29.2. The minimum Gasteiger partial charge on any atom is -0.495 e. The molecule has 0 saturated carbocycles. The van der Waals surface area contributed by atoms with Crippen LogP contribution in [0.2, 0.25) is 0 Å². The molecule has 1 aliphatic heterocycles. The van der Waals surface area contributed by atoms with Gasteiger partial charge in [-0.25, -0.2) is 0 Å². The van der Waals surface area contributed by atoms with Gasteiger partial charge in [0.1, 0.15) is 5.75 Å². The van der Waals surface area contributed by atoms with E-state index in [-0.39, 0.29) is 23.8 Å². The number of carbonyl (C=O) groups is 2. The maximum atomic E-state index is 13.4. The molecule has 1 N–H and O–H groups in total. The number of para-hydroxylation sites is 2. The predicted molar refractivity (Wildman–Crippen MR) is 120 cm³/mol. The number of benzene rings is 2. The maximum Gasteiger partial charge on any atom is 0.230 e. The average molecular weight is 421 g/mol. The lowest BCUT2D eigenvalue weighted by molar-refractivity contribution is -0.125. The number of rotatable bonds is 5. The van der Waals surface area contributed by atoms with Gasteiger partial charge in [-0.15, -0.1) is 11.3 Å². The molecule has 1 aliphatic rings. The Morgan fingerprint density at radius 2 is 1.87 bits per heavy atom. The fourth-order valence-electron chi connectivity index (χ4n) is 3.94. The first-order valence-corrected chi connectivity index (χ1v) is 10.8. The zero-order valence-corrected chi connectivity index (χ0v) is 17.8. The van der Waals surface area contributed by atoms with Crippen LogP contribution < -0.4 is 15.0 Å². The highest BCUT2D eigenvalue weighted by molar-refractivity contribution is 7.10. The Kier molecular flexibility index (Phi) is 5.86. The van der Waals surface area contributed by atoms with E-state index in [2.05, 4.69) is 5.32 Å².